The summed E-state index contributed by atoms with van der Waals surface area (Å²) in [5.41, 5.74) is 2.89. The van der Waals surface area contributed by atoms with Crippen molar-refractivity contribution in [1.29, 1.82) is 0 Å². The zero-order chi connectivity index (χ0) is 14.4. The van der Waals surface area contributed by atoms with Gasteiger partial charge in [-0.2, -0.15) is 0 Å². The van der Waals surface area contributed by atoms with E-state index in [0.717, 1.165) is 6.54 Å². The highest BCUT2D eigenvalue weighted by atomic mass is 32.2. The van der Waals surface area contributed by atoms with Gasteiger partial charge in [0, 0.05) is 22.4 Å². The minimum Gasteiger partial charge on any atom is -0.362 e. The van der Waals surface area contributed by atoms with Crippen molar-refractivity contribution in [2.75, 3.05) is 25.5 Å². The third kappa shape index (κ3) is 2.16. The molecule has 2 aliphatic rings. The summed E-state index contributed by atoms with van der Waals surface area (Å²) in [5.74, 6) is 0. The molecule has 3 heteroatoms. The summed E-state index contributed by atoms with van der Waals surface area (Å²) in [6.07, 6.45) is 1.21. The van der Waals surface area contributed by atoms with E-state index in [1.807, 2.05) is 11.8 Å². The van der Waals surface area contributed by atoms with Crippen LogP contribution in [-0.4, -0.2) is 31.6 Å². The van der Waals surface area contributed by atoms with Crippen molar-refractivity contribution < 1.29 is 0 Å². The third-order valence-electron chi connectivity index (χ3n) is 4.68. The van der Waals surface area contributed by atoms with E-state index >= 15 is 0 Å². The summed E-state index contributed by atoms with van der Waals surface area (Å²) in [6, 6.07) is 18.9. The van der Waals surface area contributed by atoms with Gasteiger partial charge < -0.3 is 9.80 Å². The molecule has 0 bridgehead atoms. The molecule has 2 unspecified atom stereocenters. The van der Waals surface area contributed by atoms with E-state index in [9.17, 15) is 0 Å². The second-order valence-corrected chi connectivity index (χ2v) is 7.21. The van der Waals surface area contributed by atoms with E-state index in [1.54, 1.807) is 0 Å². The molecule has 2 atom stereocenters. The van der Waals surface area contributed by atoms with Crippen molar-refractivity contribution in [3.63, 3.8) is 0 Å². The van der Waals surface area contributed by atoms with Crippen LogP contribution in [0.4, 0.5) is 5.69 Å². The maximum absolute atomic E-state index is 2.61. The minimum absolute atomic E-state index is 0.504. The molecule has 0 aromatic heterocycles. The smallest absolute Gasteiger partial charge is 0.0570 e. The molecule has 0 amide bonds. The fourth-order valence-corrected chi connectivity index (χ4v) is 4.64. The van der Waals surface area contributed by atoms with Crippen LogP contribution < -0.4 is 4.90 Å². The van der Waals surface area contributed by atoms with Crippen LogP contribution in [0.25, 0.3) is 0 Å². The molecule has 2 aromatic rings. The first-order valence-electron chi connectivity index (χ1n) is 7.53. The topological polar surface area (TPSA) is 6.48 Å². The normalized spacial score (nSPS) is 23.5. The quantitative estimate of drug-likeness (QED) is 0.784. The highest BCUT2D eigenvalue weighted by molar-refractivity contribution is 7.99. The van der Waals surface area contributed by atoms with Crippen LogP contribution in [-0.2, 0) is 0 Å². The lowest BCUT2D eigenvalue weighted by atomic mass is 10.0. The summed E-state index contributed by atoms with van der Waals surface area (Å²) in [6.45, 7) is 1.11. The summed E-state index contributed by atoms with van der Waals surface area (Å²) >= 11 is 1.91. The van der Waals surface area contributed by atoms with Crippen LogP contribution >= 0.6 is 11.8 Å². The van der Waals surface area contributed by atoms with E-state index in [0.29, 0.717) is 12.1 Å². The lowest BCUT2D eigenvalue weighted by Gasteiger charge is -2.26. The Labute approximate surface area is 130 Å². The maximum atomic E-state index is 2.61. The number of rotatable bonds is 1. The highest BCUT2D eigenvalue weighted by Gasteiger charge is 2.37. The molecule has 4 rings (SSSR count). The molecular formula is C18H20N2S. The Bertz CT molecular complexity index is 614. The molecule has 1 fully saturated rings. The molecule has 2 heterocycles. The van der Waals surface area contributed by atoms with E-state index in [1.165, 1.54) is 27.5 Å². The molecular weight excluding hydrogens is 276 g/mol. The predicted octanol–water partition coefficient (Wildman–Crippen LogP) is 4.03. The van der Waals surface area contributed by atoms with Crippen molar-refractivity contribution in [2.24, 2.45) is 0 Å². The molecule has 2 nitrogen and oxygen atoms in total. The average molecular weight is 296 g/mol. The Balaban J connectivity index is 1.86. The Morgan fingerprint density at radius 1 is 1.00 bits per heavy atom. The minimum atomic E-state index is 0.504. The van der Waals surface area contributed by atoms with Gasteiger partial charge in [-0.3, -0.25) is 0 Å². The van der Waals surface area contributed by atoms with Crippen LogP contribution in [0.1, 0.15) is 18.0 Å². The molecule has 2 aliphatic heterocycles. The predicted molar refractivity (Wildman–Crippen MR) is 89.2 cm³/mol. The molecule has 21 heavy (non-hydrogen) atoms. The summed E-state index contributed by atoms with van der Waals surface area (Å²) in [7, 11) is 4.40. The van der Waals surface area contributed by atoms with Gasteiger partial charge in [0.15, 0.2) is 0 Å². The first-order valence-corrected chi connectivity index (χ1v) is 8.34. The van der Waals surface area contributed by atoms with Gasteiger partial charge in [0.25, 0.3) is 0 Å². The summed E-state index contributed by atoms with van der Waals surface area (Å²) in [5, 5.41) is 0. The Kier molecular flexibility index (Phi) is 3.20. The van der Waals surface area contributed by atoms with Crippen molar-refractivity contribution in [3.8, 4) is 0 Å². The summed E-state index contributed by atoms with van der Waals surface area (Å²) in [4.78, 5) is 7.77. The van der Waals surface area contributed by atoms with Gasteiger partial charge in [0.1, 0.15) is 0 Å². The molecule has 1 saturated heterocycles. The molecule has 0 radical (unpaired) electrons. The SMILES string of the molecule is CN(C)C1CC2c3ccccc3Sc3ccccc3N2C1. The Morgan fingerprint density at radius 3 is 2.52 bits per heavy atom. The number of hydrogen-bond donors (Lipinski definition) is 0. The lowest BCUT2D eigenvalue weighted by Crippen LogP contribution is -2.31. The number of para-hydroxylation sites is 1. The zero-order valence-electron chi connectivity index (χ0n) is 12.5. The Hall–Kier alpha value is -1.45. The maximum Gasteiger partial charge on any atom is 0.0570 e. The van der Waals surface area contributed by atoms with Crippen LogP contribution in [0.15, 0.2) is 58.3 Å². The van der Waals surface area contributed by atoms with E-state index < -0.39 is 0 Å². The highest BCUT2D eigenvalue weighted by Crippen LogP contribution is 2.49. The average Bonchev–Trinajstić information content (AvgIpc) is 2.89. The van der Waals surface area contributed by atoms with Crippen molar-refractivity contribution >= 4 is 17.4 Å². The van der Waals surface area contributed by atoms with Gasteiger partial charge in [0.2, 0.25) is 0 Å². The number of hydrogen-bond acceptors (Lipinski definition) is 3. The van der Waals surface area contributed by atoms with Crippen molar-refractivity contribution in [3.05, 3.63) is 54.1 Å². The molecule has 108 valence electrons. The van der Waals surface area contributed by atoms with Gasteiger partial charge in [0.05, 0.1) is 11.7 Å². The van der Waals surface area contributed by atoms with Gasteiger partial charge in [-0.1, -0.05) is 42.1 Å². The van der Waals surface area contributed by atoms with E-state index in [-0.39, 0.29) is 0 Å². The molecule has 0 N–H and O–H groups in total. The van der Waals surface area contributed by atoms with Crippen LogP contribution in [0, 0.1) is 0 Å². The van der Waals surface area contributed by atoms with Crippen molar-refractivity contribution in [1.82, 2.24) is 4.90 Å². The molecule has 0 saturated carbocycles. The lowest BCUT2D eigenvalue weighted by molar-refractivity contribution is 0.310. The molecule has 2 aromatic carbocycles. The van der Waals surface area contributed by atoms with Gasteiger partial charge in [-0.25, -0.2) is 0 Å². The Morgan fingerprint density at radius 2 is 1.71 bits per heavy atom. The van der Waals surface area contributed by atoms with E-state index in [4.69, 9.17) is 0 Å². The number of benzene rings is 2. The van der Waals surface area contributed by atoms with E-state index in [2.05, 4.69) is 72.4 Å². The fraction of sp³-hybridized carbons (Fsp3) is 0.333. The number of nitrogens with zero attached hydrogens (tertiary/aromatic N) is 2. The third-order valence-corrected chi connectivity index (χ3v) is 5.84. The van der Waals surface area contributed by atoms with Gasteiger partial charge in [-0.05, 0) is 44.3 Å². The zero-order valence-corrected chi connectivity index (χ0v) is 13.3. The second-order valence-electron chi connectivity index (χ2n) is 6.13. The number of fused-ring (bicyclic) bond motifs is 5. The van der Waals surface area contributed by atoms with Crippen molar-refractivity contribution in [2.45, 2.75) is 28.3 Å². The van der Waals surface area contributed by atoms with Gasteiger partial charge in [-0.15, -0.1) is 0 Å². The number of anilines is 1. The van der Waals surface area contributed by atoms with Crippen LogP contribution in [0.5, 0.6) is 0 Å². The second kappa shape index (κ2) is 5.08. The van der Waals surface area contributed by atoms with Crippen LogP contribution in [0.2, 0.25) is 0 Å². The largest absolute Gasteiger partial charge is 0.362 e. The summed E-state index contributed by atoms with van der Waals surface area (Å²) < 4.78 is 0. The first-order chi connectivity index (χ1) is 10.2. The number of likely N-dealkylation sites (N-methyl/N-ethyl adjacent to an activating group) is 1. The van der Waals surface area contributed by atoms with Crippen LogP contribution in [0.3, 0.4) is 0 Å². The first kappa shape index (κ1) is 13.2. The standard InChI is InChI=1S/C18H20N2S/c1-19(2)13-11-16-14-7-3-5-9-17(14)21-18-10-6-4-8-15(18)20(16)12-13/h3-10,13,16H,11-12H2,1-2H3. The van der Waals surface area contributed by atoms with Gasteiger partial charge >= 0.3 is 0 Å². The monoisotopic (exact) mass is 296 g/mol. The fourth-order valence-electron chi connectivity index (χ4n) is 3.50. The molecule has 0 aliphatic carbocycles. The molecule has 0 spiro atoms.